The number of carboxylic acids is 1. The van der Waals surface area contributed by atoms with Crippen LogP contribution in [-0.2, 0) is 18.3 Å². The highest BCUT2D eigenvalue weighted by Gasteiger charge is 2.40. The number of aromatic carboxylic acids is 1. The van der Waals surface area contributed by atoms with Crippen LogP contribution in [0.15, 0.2) is 34.9 Å². The number of hydrogen-bond acceptors (Lipinski definition) is 6. The van der Waals surface area contributed by atoms with Crippen LogP contribution in [0.25, 0.3) is 10.9 Å². The number of amides is 3. The number of halogens is 5. The Morgan fingerprint density at radius 1 is 1.05 bits per heavy atom. The quantitative estimate of drug-likeness (QED) is 0.126. The molecular weight excluding hydrogens is 593 g/mol. The number of aryl methyl sites for hydroxylation is 2. The fourth-order valence-electron chi connectivity index (χ4n) is 4.91. The van der Waals surface area contributed by atoms with Gasteiger partial charge in [0.2, 0.25) is 17.6 Å². The summed E-state index contributed by atoms with van der Waals surface area (Å²) in [4.78, 5) is 43.7. The van der Waals surface area contributed by atoms with Crippen molar-refractivity contribution in [1.82, 2.24) is 14.5 Å². The minimum absolute atomic E-state index is 0.0249. The molecule has 15 heteroatoms. The van der Waals surface area contributed by atoms with Gasteiger partial charge in [0, 0.05) is 30.6 Å². The van der Waals surface area contributed by atoms with Crippen molar-refractivity contribution in [3.05, 3.63) is 82.5 Å². The molecule has 234 valence electrons. The van der Waals surface area contributed by atoms with Gasteiger partial charge in [-0.3, -0.25) is 4.79 Å². The second-order valence-electron chi connectivity index (χ2n) is 10.6. The molecule has 2 heterocycles. The molecule has 0 saturated heterocycles. The Bertz CT molecular complexity index is 1740. The van der Waals surface area contributed by atoms with E-state index in [1.165, 1.54) is 6.92 Å². The summed E-state index contributed by atoms with van der Waals surface area (Å²) < 4.78 is 78.1. The van der Waals surface area contributed by atoms with Gasteiger partial charge in [0.25, 0.3) is 0 Å². The molecule has 4 N–H and O–H groups in total. The number of benzene rings is 2. The molecule has 0 fully saturated rings. The largest absolute Gasteiger partial charge is 0.476 e. The van der Waals surface area contributed by atoms with Crippen molar-refractivity contribution >= 4 is 34.5 Å². The van der Waals surface area contributed by atoms with Crippen molar-refractivity contribution in [2.24, 2.45) is 18.7 Å². The summed E-state index contributed by atoms with van der Waals surface area (Å²) in [7, 11) is 1.73. The molecule has 0 radical (unpaired) electrons. The number of nitrogens with two attached hydrogens (primary N) is 1. The van der Waals surface area contributed by atoms with Crippen LogP contribution in [0.1, 0.15) is 54.0 Å². The van der Waals surface area contributed by atoms with Crippen LogP contribution >= 0.6 is 0 Å². The van der Waals surface area contributed by atoms with E-state index in [0.717, 1.165) is 5.52 Å². The Morgan fingerprint density at radius 3 is 2.20 bits per heavy atom. The molecular formula is C29H28F5N5O5. The Hall–Kier alpha value is -4.79. The molecule has 0 spiro atoms. The van der Waals surface area contributed by atoms with Crippen LogP contribution in [0.2, 0.25) is 0 Å². The lowest BCUT2D eigenvalue weighted by Crippen LogP contribution is -2.51. The summed E-state index contributed by atoms with van der Waals surface area (Å²) >= 11 is 0. The maximum Gasteiger partial charge on any atom is 0.358 e. The molecule has 4 rings (SSSR count). The fraction of sp³-hybridized carbons (Fsp3) is 0.310. The first-order chi connectivity index (χ1) is 20.6. The molecule has 0 aliphatic heterocycles. The second kappa shape index (κ2) is 12.4. The van der Waals surface area contributed by atoms with E-state index in [-0.39, 0.29) is 24.5 Å². The van der Waals surface area contributed by atoms with E-state index in [1.807, 2.05) is 0 Å². The number of rotatable bonds is 9. The minimum atomic E-state index is -2.45. The van der Waals surface area contributed by atoms with Gasteiger partial charge in [-0.1, -0.05) is 32.0 Å². The number of nitrogens with zero attached hydrogens (tertiary/aromatic N) is 3. The molecule has 2 aromatic carbocycles. The number of carbonyl (C=O) groups excluding carboxylic acids is 2. The number of urea groups is 1. The monoisotopic (exact) mass is 621 g/mol. The van der Waals surface area contributed by atoms with E-state index in [1.54, 1.807) is 61.2 Å². The number of fused-ring (bicyclic) bond motifs is 1. The number of aromatic nitrogens is 2. The Morgan fingerprint density at radius 2 is 1.64 bits per heavy atom. The minimum Gasteiger partial charge on any atom is -0.476 e. The molecule has 0 bridgehead atoms. The molecule has 10 nitrogen and oxygen atoms in total. The second-order valence-corrected chi connectivity index (χ2v) is 10.6. The Balaban J connectivity index is 1.92. The van der Waals surface area contributed by atoms with Crippen molar-refractivity contribution < 1.29 is 45.9 Å². The van der Waals surface area contributed by atoms with Gasteiger partial charge < -0.3 is 25.1 Å². The topological polar surface area (TPSA) is 144 Å². The lowest BCUT2D eigenvalue weighted by atomic mass is 10.00. The Kier molecular flexibility index (Phi) is 9.09. The number of anilines is 1. The molecule has 4 aromatic rings. The molecule has 1 unspecified atom stereocenters. The molecule has 0 aliphatic carbocycles. The van der Waals surface area contributed by atoms with Crippen LogP contribution in [0.3, 0.4) is 0 Å². The third kappa shape index (κ3) is 6.00. The van der Waals surface area contributed by atoms with Gasteiger partial charge in [0.1, 0.15) is 17.5 Å². The van der Waals surface area contributed by atoms with Crippen molar-refractivity contribution in [2.75, 3.05) is 5.32 Å². The average Bonchev–Trinajstić information content (AvgIpc) is 3.51. The predicted octanol–water partition coefficient (Wildman–Crippen LogP) is 5.59. The Labute approximate surface area is 247 Å². The highest BCUT2D eigenvalue weighted by Crippen LogP contribution is 2.33. The zero-order chi connectivity index (χ0) is 32.6. The number of carboxylic acid groups (broad SMARTS) is 1. The first-order valence-corrected chi connectivity index (χ1v) is 13.3. The molecule has 3 amide bonds. The zero-order valence-corrected chi connectivity index (χ0v) is 23.9. The summed E-state index contributed by atoms with van der Waals surface area (Å²) in [6, 6.07) is 2.44. The first kappa shape index (κ1) is 32.1. The normalized spacial score (nSPS) is 12.9. The molecule has 0 aliphatic rings. The fourth-order valence-corrected chi connectivity index (χ4v) is 4.91. The van der Waals surface area contributed by atoms with Crippen LogP contribution in [0.4, 0.5) is 32.4 Å². The van der Waals surface area contributed by atoms with Crippen LogP contribution in [0, 0.1) is 41.9 Å². The number of nitrogens with one attached hydrogen (secondary N) is 1. The van der Waals surface area contributed by atoms with E-state index in [4.69, 9.17) is 10.2 Å². The van der Waals surface area contributed by atoms with Crippen molar-refractivity contribution in [3.8, 4) is 0 Å². The van der Waals surface area contributed by atoms with Crippen molar-refractivity contribution in [2.45, 2.75) is 45.7 Å². The number of imide groups is 1. The number of para-hydroxylation sites is 1. The molecule has 2 atom stereocenters. The highest BCUT2D eigenvalue weighted by molar-refractivity contribution is 6.03. The van der Waals surface area contributed by atoms with Gasteiger partial charge in [-0.2, -0.15) is 0 Å². The number of hydrogen-bond donors (Lipinski definition) is 3. The van der Waals surface area contributed by atoms with Crippen LogP contribution in [0.5, 0.6) is 0 Å². The van der Waals surface area contributed by atoms with Crippen molar-refractivity contribution in [3.63, 3.8) is 0 Å². The SMILES string of the molecule is Cc1oc([C@@H](Cc2cn(C)c3ccccc23)N(C(=O)Nc2c(F)c(F)c(F)c(F)c2F)C(=O)C(N)CC(C)C)nc1C(=O)O. The summed E-state index contributed by atoms with van der Waals surface area (Å²) in [5, 5.41) is 11.9. The summed E-state index contributed by atoms with van der Waals surface area (Å²) in [5.41, 5.74) is 5.14. The van der Waals surface area contributed by atoms with Crippen LogP contribution in [-0.4, -0.2) is 43.5 Å². The van der Waals surface area contributed by atoms with E-state index in [2.05, 4.69) is 4.98 Å². The number of oxazole rings is 1. The standard InChI is InChI=1S/C29H28F5N5O5/c1-12(2)9-16(35)27(40)39(29(43)37-25-22(33)20(31)19(30)21(32)23(25)34)18(26-36-24(28(41)42)13(3)44-26)10-14-11-38(4)17-8-6-5-7-15(14)17/h5-8,11-12,16,18H,9-10,35H2,1-4H3,(H,37,43)(H,41,42)/t16?,18-/m1/s1. The molecule has 44 heavy (non-hydrogen) atoms. The third-order valence-corrected chi connectivity index (χ3v) is 6.95. The van der Waals surface area contributed by atoms with Gasteiger partial charge in [-0.05, 0) is 30.9 Å². The maximum absolute atomic E-state index is 14.6. The van der Waals surface area contributed by atoms with Gasteiger partial charge in [-0.15, -0.1) is 0 Å². The highest BCUT2D eigenvalue weighted by atomic mass is 19.2. The maximum atomic E-state index is 14.6. The lowest BCUT2D eigenvalue weighted by molar-refractivity contribution is -0.132. The summed E-state index contributed by atoms with van der Waals surface area (Å²) in [6.45, 7) is 4.74. The van der Waals surface area contributed by atoms with Gasteiger partial charge in [0.05, 0.1) is 6.04 Å². The number of carbonyl (C=O) groups is 3. The van der Waals surface area contributed by atoms with Crippen LogP contribution < -0.4 is 11.1 Å². The summed E-state index contributed by atoms with van der Waals surface area (Å²) in [6.07, 6.45) is 1.42. The molecule has 2 aromatic heterocycles. The van der Waals surface area contributed by atoms with E-state index < -0.39 is 76.3 Å². The van der Waals surface area contributed by atoms with Gasteiger partial charge in [0.15, 0.2) is 29.0 Å². The third-order valence-electron chi connectivity index (χ3n) is 6.95. The van der Waals surface area contributed by atoms with E-state index in [9.17, 15) is 41.4 Å². The smallest absolute Gasteiger partial charge is 0.358 e. The first-order valence-electron chi connectivity index (χ1n) is 13.3. The molecule has 0 saturated carbocycles. The van der Waals surface area contributed by atoms with Gasteiger partial charge >= 0.3 is 12.0 Å². The van der Waals surface area contributed by atoms with E-state index in [0.29, 0.717) is 15.8 Å². The zero-order valence-electron chi connectivity index (χ0n) is 23.9. The van der Waals surface area contributed by atoms with Crippen molar-refractivity contribution in [1.29, 1.82) is 0 Å². The predicted molar refractivity (Wildman–Crippen MR) is 147 cm³/mol. The average molecular weight is 622 g/mol. The summed E-state index contributed by atoms with van der Waals surface area (Å²) in [5.74, 6) is -15.2. The lowest BCUT2D eigenvalue weighted by Gasteiger charge is -2.31. The van der Waals surface area contributed by atoms with Gasteiger partial charge in [-0.25, -0.2) is 41.4 Å². The van der Waals surface area contributed by atoms with E-state index >= 15 is 0 Å².